The van der Waals surface area contributed by atoms with E-state index in [0.717, 1.165) is 0 Å². The van der Waals surface area contributed by atoms with Crippen LogP contribution in [0.25, 0.3) is 0 Å². The van der Waals surface area contributed by atoms with Crippen molar-refractivity contribution in [1.29, 1.82) is 0 Å². The molecule has 184 valence electrons. The van der Waals surface area contributed by atoms with Gasteiger partial charge in [0.1, 0.15) is 34.5 Å². The quantitative estimate of drug-likeness (QED) is 0.123. The van der Waals surface area contributed by atoms with Gasteiger partial charge in [-0.3, -0.25) is 0 Å². The zero-order valence-corrected chi connectivity index (χ0v) is 20.6. The van der Waals surface area contributed by atoms with Crippen LogP contribution in [0.15, 0.2) is 109 Å². The van der Waals surface area contributed by atoms with Gasteiger partial charge >= 0.3 is 22.7 Å². The van der Waals surface area contributed by atoms with Crippen LogP contribution in [-0.2, 0) is 9.13 Å². The molecular weight excluding hydrogens is 506 g/mol. The molecule has 4 aromatic carbocycles. The van der Waals surface area contributed by atoms with Crippen LogP contribution in [0.5, 0.6) is 34.5 Å². The highest BCUT2D eigenvalue weighted by Gasteiger charge is 2.12. The van der Waals surface area contributed by atoms with Crippen LogP contribution in [0.2, 0.25) is 0 Å². The Hall–Kier alpha value is -4.19. The molecule has 0 aromatic heterocycles. The van der Waals surface area contributed by atoms with Crippen molar-refractivity contribution in [2.75, 3.05) is 0 Å². The molecule has 0 N–H and O–H groups in total. The van der Waals surface area contributed by atoms with E-state index in [9.17, 15) is 13.9 Å². The lowest BCUT2D eigenvalue weighted by atomic mass is 10.3. The molecular formula is C25H20O9P2. The molecule has 0 amide bonds. The summed E-state index contributed by atoms with van der Waals surface area (Å²) in [4.78, 5) is 12.2. The Balaban J connectivity index is 1.30. The molecule has 2 unspecified atom stereocenters. The maximum absolute atomic E-state index is 12.2. The molecule has 9 nitrogen and oxygen atoms in total. The zero-order valence-electron chi connectivity index (χ0n) is 18.6. The first kappa shape index (κ1) is 24.9. The van der Waals surface area contributed by atoms with Gasteiger partial charge in [0.15, 0.2) is 0 Å². The molecule has 0 aliphatic heterocycles. The van der Waals surface area contributed by atoms with E-state index in [4.69, 9.17) is 27.6 Å². The van der Waals surface area contributed by atoms with E-state index < -0.39 is 22.7 Å². The molecule has 2 atom stereocenters. The maximum atomic E-state index is 12.2. The molecule has 11 heteroatoms. The van der Waals surface area contributed by atoms with Gasteiger partial charge in [-0.2, -0.15) is 0 Å². The topological polar surface area (TPSA) is 107 Å². The first-order chi connectivity index (χ1) is 17.5. The predicted octanol–water partition coefficient (Wildman–Crippen LogP) is 6.96. The molecule has 4 aromatic rings. The minimum atomic E-state index is -2.89. The summed E-state index contributed by atoms with van der Waals surface area (Å²) in [7, 11) is -5.78. The highest BCUT2D eigenvalue weighted by Crippen LogP contribution is 2.33. The fourth-order valence-electron chi connectivity index (χ4n) is 2.82. The Labute approximate surface area is 208 Å². The van der Waals surface area contributed by atoms with E-state index in [1.807, 2.05) is 0 Å². The summed E-state index contributed by atoms with van der Waals surface area (Å²) >= 11 is 0. The predicted molar refractivity (Wildman–Crippen MR) is 133 cm³/mol. The number of benzene rings is 4. The van der Waals surface area contributed by atoms with Crippen molar-refractivity contribution in [2.45, 2.75) is 0 Å². The third-order valence-electron chi connectivity index (χ3n) is 4.30. The lowest BCUT2D eigenvalue weighted by Gasteiger charge is -2.10. The molecule has 4 rings (SSSR count). The van der Waals surface area contributed by atoms with Crippen LogP contribution in [0.3, 0.4) is 0 Å². The number of para-hydroxylation sites is 2. The van der Waals surface area contributed by atoms with Crippen LogP contribution >= 0.6 is 16.5 Å². The van der Waals surface area contributed by atoms with E-state index in [-0.39, 0.29) is 23.0 Å². The van der Waals surface area contributed by atoms with Gasteiger partial charge < -0.3 is 27.6 Å². The summed E-state index contributed by atoms with van der Waals surface area (Å²) in [5.41, 5.74) is 0. The standard InChI is InChI=1S/C25H20O9P2/c26-25(29-21-13-7-15-23(17-21)33-35(27)31-19-9-3-1-4-10-19)30-22-14-8-16-24(18-22)34-36(28)32-20-11-5-2-6-12-20/h1-18,35-36H. The van der Waals surface area contributed by atoms with E-state index in [1.165, 1.54) is 36.4 Å². The van der Waals surface area contributed by atoms with E-state index >= 15 is 0 Å². The summed E-state index contributed by atoms with van der Waals surface area (Å²) in [6.07, 6.45) is -1.04. The summed E-state index contributed by atoms with van der Waals surface area (Å²) in [6.45, 7) is 0. The summed E-state index contributed by atoms with van der Waals surface area (Å²) in [6, 6.07) is 29.1. The third kappa shape index (κ3) is 7.94. The van der Waals surface area contributed by atoms with Crippen LogP contribution in [0.1, 0.15) is 0 Å². The van der Waals surface area contributed by atoms with Crippen molar-refractivity contribution in [3.05, 3.63) is 109 Å². The van der Waals surface area contributed by atoms with Crippen molar-refractivity contribution in [3.63, 3.8) is 0 Å². The van der Waals surface area contributed by atoms with Gasteiger partial charge in [0.25, 0.3) is 0 Å². The van der Waals surface area contributed by atoms with Gasteiger partial charge in [-0.05, 0) is 48.5 Å². The number of carbonyl (C=O) groups excluding carboxylic acids is 1. The maximum Gasteiger partial charge on any atom is 0.519 e. The van der Waals surface area contributed by atoms with Gasteiger partial charge in [-0.15, -0.1) is 0 Å². The average Bonchev–Trinajstić information content (AvgIpc) is 2.85. The molecule has 0 aliphatic carbocycles. The number of hydrogen-bond donors (Lipinski definition) is 0. The first-order valence-electron chi connectivity index (χ1n) is 10.5. The van der Waals surface area contributed by atoms with Gasteiger partial charge in [0.05, 0.1) is 0 Å². The van der Waals surface area contributed by atoms with Crippen LogP contribution in [-0.4, -0.2) is 6.16 Å². The van der Waals surface area contributed by atoms with Crippen LogP contribution in [0.4, 0.5) is 4.79 Å². The normalized spacial score (nSPS) is 12.0. The minimum absolute atomic E-state index is 0.0979. The van der Waals surface area contributed by atoms with Gasteiger partial charge in [0, 0.05) is 12.1 Å². The van der Waals surface area contributed by atoms with Crippen molar-refractivity contribution in [1.82, 2.24) is 0 Å². The summed E-state index contributed by atoms with van der Waals surface area (Å²) in [5.74, 6) is 1.36. The fourth-order valence-corrected chi connectivity index (χ4v) is 4.20. The molecule has 0 radical (unpaired) electrons. The molecule has 0 saturated heterocycles. The van der Waals surface area contributed by atoms with E-state index in [0.29, 0.717) is 11.5 Å². The first-order valence-corrected chi connectivity index (χ1v) is 13.0. The number of ether oxygens (including phenoxy) is 2. The smallest absolute Gasteiger partial charge is 0.418 e. The van der Waals surface area contributed by atoms with E-state index in [2.05, 4.69) is 0 Å². The van der Waals surface area contributed by atoms with Crippen molar-refractivity contribution in [2.24, 2.45) is 0 Å². The highest BCUT2D eigenvalue weighted by molar-refractivity contribution is 7.34. The monoisotopic (exact) mass is 526 g/mol. The Kier molecular flexibility index (Phi) is 8.65. The molecule has 0 heterocycles. The summed E-state index contributed by atoms with van der Waals surface area (Å²) < 4.78 is 55.7. The van der Waals surface area contributed by atoms with Gasteiger partial charge in [-0.25, -0.2) is 13.9 Å². The molecule has 36 heavy (non-hydrogen) atoms. The van der Waals surface area contributed by atoms with Crippen LogP contribution in [0, 0.1) is 0 Å². The van der Waals surface area contributed by atoms with Gasteiger partial charge in [0.2, 0.25) is 0 Å². The summed E-state index contributed by atoms with van der Waals surface area (Å²) in [5, 5.41) is 0. The zero-order chi connectivity index (χ0) is 25.2. The number of rotatable bonds is 10. The second kappa shape index (κ2) is 12.5. The lowest BCUT2D eigenvalue weighted by molar-refractivity contribution is 0.152. The molecule has 0 aliphatic rings. The largest absolute Gasteiger partial charge is 0.519 e. The second-order valence-electron chi connectivity index (χ2n) is 6.94. The Bertz CT molecular complexity index is 1250. The second-order valence-corrected chi connectivity index (χ2v) is 8.75. The van der Waals surface area contributed by atoms with E-state index in [1.54, 1.807) is 72.8 Å². The highest BCUT2D eigenvalue weighted by atomic mass is 31.1. The SMILES string of the molecule is O=C(Oc1cccc(O[PH](=O)Oc2ccccc2)c1)Oc1cccc(O[PH](=O)Oc2ccccc2)c1. The van der Waals surface area contributed by atoms with Crippen molar-refractivity contribution >= 4 is 22.7 Å². The Morgan fingerprint density at radius 2 is 0.778 bits per heavy atom. The lowest BCUT2D eigenvalue weighted by Crippen LogP contribution is -2.13. The van der Waals surface area contributed by atoms with Crippen molar-refractivity contribution in [3.8, 4) is 34.5 Å². The molecule has 0 bridgehead atoms. The number of carbonyl (C=O) groups is 1. The third-order valence-corrected chi connectivity index (χ3v) is 5.91. The minimum Gasteiger partial charge on any atom is -0.418 e. The fraction of sp³-hybridized carbons (Fsp3) is 0. The van der Waals surface area contributed by atoms with Crippen molar-refractivity contribution < 1.29 is 41.5 Å². The van der Waals surface area contributed by atoms with Crippen LogP contribution < -0.4 is 27.6 Å². The Morgan fingerprint density at radius 1 is 0.444 bits per heavy atom. The average molecular weight is 526 g/mol. The Morgan fingerprint density at radius 3 is 1.19 bits per heavy atom. The molecule has 0 spiro atoms. The van der Waals surface area contributed by atoms with Gasteiger partial charge in [-0.1, -0.05) is 48.5 Å². The molecule has 0 fully saturated rings. The molecule has 0 saturated carbocycles. The number of hydrogen-bond acceptors (Lipinski definition) is 9.